The molecule has 1 aromatic heterocycles. The molecule has 0 aliphatic carbocycles. The van der Waals surface area contributed by atoms with Gasteiger partial charge < -0.3 is 5.11 Å². The molecule has 0 spiro atoms. The second kappa shape index (κ2) is 4.95. The average Bonchev–Trinajstić information content (AvgIpc) is 2.05. The Labute approximate surface area is 83.4 Å². The molecule has 0 amide bonds. The molecule has 1 heterocycles. The van der Waals surface area contributed by atoms with E-state index in [-0.39, 0.29) is 25.8 Å². The molecule has 12 heavy (non-hydrogen) atoms. The van der Waals surface area contributed by atoms with Gasteiger partial charge in [0.15, 0.2) is 5.69 Å². The van der Waals surface area contributed by atoms with E-state index < -0.39 is 5.97 Å². The largest absolute Gasteiger partial charge is 0.476 e. The number of aromatic carboxylic acids is 1. The number of carboxylic acids is 1. The molecule has 0 unspecified atom stereocenters. The van der Waals surface area contributed by atoms with Crippen LogP contribution in [0.25, 0.3) is 0 Å². The third-order valence-corrected chi connectivity index (χ3v) is 1.27. The third kappa shape index (κ3) is 2.68. The average molecular weight is 344 g/mol. The van der Waals surface area contributed by atoms with Crippen molar-refractivity contribution in [1.29, 1.82) is 0 Å². The van der Waals surface area contributed by atoms with E-state index >= 15 is 0 Å². The van der Waals surface area contributed by atoms with Crippen molar-refractivity contribution in [2.24, 2.45) is 0 Å². The van der Waals surface area contributed by atoms with E-state index in [1.807, 2.05) is 6.92 Å². The van der Waals surface area contributed by atoms with E-state index in [4.69, 9.17) is 5.11 Å². The summed E-state index contributed by atoms with van der Waals surface area (Å²) in [5.41, 5.74) is 0.703. The van der Waals surface area contributed by atoms with Gasteiger partial charge in [0.1, 0.15) is 0 Å². The number of carbonyl (C=O) groups is 1. The van der Waals surface area contributed by atoms with Crippen molar-refractivity contribution in [3.63, 3.8) is 0 Å². The topological polar surface area (TPSA) is 63.1 Å². The molecular formula is C7H8IrN2O2. The maximum Gasteiger partial charge on any atom is 0.356 e. The monoisotopic (exact) mass is 345 g/mol. The maximum atomic E-state index is 10.4. The SMILES string of the molecule is CCc1cncc(C(=O)O)n1.[Ir]. The molecule has 5 heteroatoms. The minimum absolute atomic E-state index is 0. The molecule has 0 fully saturated rings. The van der Waals surface area contributed by atoms with E-state index in [1.165, 1.54) is 6.20 Å². The van der Waals surface area contributed by atoms with Gasteiger partial charge in [-0.25, -0.2) is 9.78 Å². The Bertz CT molecular complexity index is 278. The summed E-state index contributed by atoms with van der Waals surface area (Å²) in [6, 6.07) is 0. The zero-order chi connectivity index (χ0) is 8.27. The molecule has 67 valence electrons. The molecule has 0 aromatic carbocycles. The van der Waals surface area contributed by atoms with Crippen LogP contribution in [0.5, 0.6) is 0 Å². The second-order valence-corrected chi connectivity index (χ2v) is 2.05. The van der Waals surface area contributed by atoms with Crippen LogP contribution >= 0.6 is 0 Å². The summed E-state index contributed by atoms with van der Waals surface area (Å²) < 4.78 is 0. The van der Waals surface area contributed by atoms with Gasteiger partial charge in [-0.3, -0.25) is 4.98 Å². The molecule has 0 bridgehead atoms. The third-order valence-electron chi connectivity index (χ3n) is 1.27. The van der Waals surface area contributed by atoms with Crippen LogP contribution < -0.4 is 0 Å². The van der Waals surface area contributed by atoms with Crippen LogP contribution in [0.15, 0.2) is 12.4 Å². The fourth-order valence-corrected chi connectivity index (χ4v) is 0.680. The molecule has 0 aliphatic rings. The summed E-state index contributed by atoms with van der Waals surface area (Å²) in [6.07, 6.45) is 3.50. The van der Waals surface area contributed by atoms with Gasteiger partial charge in [-0.2, -0.15) is 0 Å². The first-order chi connectivity index (χ1) is 5.24. The Morgan fingerprint density at radius 1 is 1.58 bits per heavy atom. The van der Waals surface area contributed by atoms with E-state index in [0.717, 1.165) is 0 Å². The van der Waals surface area contributed by atoms with Gasteiger partial charge >= 0.3 is 5.97 Å². The van der Waals surface area contributed by atoms with E-state index in [1.54, 1.807) is 6.20 Å². The van der Waals surface area contributed by atoms with Crippen molar-refractivity contribution in [2.45, 2.75) is 13.3 Å². The zero-order valence-corrected chi connectivity index (χ0v) is 8.84. The molecule has 4 nitrogen and oxygen atoms in total. The molecular weight excluding hydrogens is 336 g/mol. The zero-order valence-electron chi connectivity index (χ0n) is 6.45. The van der Waals surface area contributed by atoms with Crippen molar-refractivity contribution >= 4 is 5.97 Å². The number of hydrogen-bond acceptors (Lipinski definition) is 3. The normalized spacial score (nSPS) is 8.75. The first-order valence-electron chi connectivity index (χ1n) is 3.28. The number of aromatic nitrogens is 2. The van der Waals surface area contributed by atoms with Crippen LogP contribution in [-0.2, 0) is 26.5 Å². The van der Waals surface area contributed by atoms with Crippen molar-refractivity contribution in [3.8, 4) is 0 Å². The number of rotatable bonds is 2. The summed E-state index contributed by atoms with van der Waals surface area (Å²) in [7, 11) is 0. The Morgan fingerprint density at radius 3 is 2.75 bits per heavy atom. The van der Waals surface area contributed by atoms with Crippen LogP contribution in [0.1, 0.15) is 23.1 Å². The Balaban J connectivity index is 0.00000121. The van der Waals surface area contributed by atoms with Crippen LogP contribution in [0.2, 0.25) is 0 Å². The smallest absolute Gasteiger partial charge is 0.356 e. The minimum atomic E-state index is -1.03. The van der Waals surface area contributed by atoms with Crippen molar-refractivity contribution < 1.29 is 30.0 Å². The number of nitrogens with zero attached hydrogens (tertiary/aromatic N) is 2. The number of hydrogen-bond donors (Lipinski definition) is 1. The van der Waals surface area contributed by atoms with Gasteiger partial charge in [-0.15, -0.1) is 0 Å². The Kier molecular flexibility index (Phi) is 4.62. The van der Waals surface area contributed by atoms with Crippen molar-refractivity contribution in [1.82, 2.24) is 9.97 Å². The fraction of sp³-hybridized carbons (Fsp3) is 0.286. The quantitative estimate of drug-likeness (QED) is 0.859. The van der Waals surface area contributed by atoms with Gasteiger partial charge in [-0.1, -0.05) is 6.92 Å². The van der Waals surface area contributed by atoms with Crippen LogP contribution in [0, 0.1) is 0 Å². The van der Waals surface area contributed by atoms with Gasteiger partial charge in [0.25, 0.3) is 0 Å². The molecule has 1 aromatic rings. The Hall–Kier alpha value is -0.801. The standard InChI is InChI=1S/C7H8N2O2.Ir/c1-2-5-3-8-4-6(9-5)7(10)11;/h3-4H,2H2,1H3,(H,10,11);. The fourth-order valence-electron chi connectivity index (χ4n) is 0.680. The molecule has 0 atom stereocenters. The summed E-state index contributed by atoms with van der Waals surface area (Å²) in [6.45, 7) is 1.90. The predicted octanol–water partition coefficient (Wildman–Crippen LogP) is 0.735. The van der Waals surface area contributed by atoms with E-state index in [9.17, 15) is 4.79 Å². The first-order valence-corrected chi connectivity index (χ1v) is 3.28. The molecule has 0 saturated heterocycles. The van der Waals surface area contributed by atoms with E-state index in [2.05, 4.69) is 9.97 Å². The van der Waals surface area contributed by atoms with E-state index in [0.29, 0.717) is 12.1 Å². The Morgan fingerprint density at radius 2 is 2.25 bits per heavy atom. The molecule has 0 aliphatic heterocycles. The first kappa shape index (κ1) is 11.2. The minimum Gasteiger partial charge on any atom is -0.476 e. The number of aryl methyl sites for hydroxylation is 1. The molecule has 1 rings (SSSR count). The maximum absolute atomic E-state index is 10.4. The van der Waals surface area contributed by atoms with Gasteiger partial charge in [0.2, 0.25) is 0 Å². The van der Waals surface area contributed by atoms with Crippen molar-refractivity contribution in [2.75, 3.05) is 0 Å². The van der Waals surface area contributed by atoms with Crippen LogP contribution in [0.4, 0.5) is 0 Å². The van der Waals surface area contributed by atoms with Gasteiger partial charge in [0, 0.05) is 26.3 Å². The molecule has 0 saturated carbocycles. The van der Waals surface area contributed by atoms with Gasteiger partial charge in [0.05, 0.1) is 11.9 Å². The summed E-state index contributed by atoms with van der Waals surface area (Å²) in [5, 5.41) is 8.50. The number of carboxylic acid groups (broad SMARTS) is 1. The van der Waals surface area contributed by atoms with Gasteiger partial charge in [-0.05, 0) is 6.42 Å². The summed E-state index contributed by atoms with van der Waals surface area (Å²) in [5.74, 6) is -1.03. The predicted molar refractivity (Wildman–Crippen MR) is 38.4 cm³/mol. The summed E-state index contributed by atoms with van der Waals surface area (Å²) >= 11 is 0. The summed E-state index contributed by atoms with van der Waals surface area (Å²) in [4.78, 5) is 17.9. The molecule has 1 radical (unpaired) electrons. The second-order valence-electron chi connectivity index (χ2n) is 2.05. The van der Waals surface area contributed by atoms with Crippen molar-refractivity contribution in [3.05, 3.63) is 23.8 Å². The molecule has 1 N–H and O–H groups in total. The van der Waals surface area contributed by atoms with Crippen LogP contribution in [0.3, 0.4) is 0 Å². The van der Waals surface area contributed by atoms with Crippen LogP contribution in [-0.4, -0.2) is 21.0 Å².